The molecule has 0 aliphatic rings. The molecule has 2 rings (SSSR count). The van der Waals surface area contributed by atoms with Gasteiger partial charge in [-0.05, 0) is 22.6 Å². The van der Waals surface area contributed by atoms with Crippen molar-refractivity contribution in [3.63, 3.8) is 0 Å². The van der Waals surface area contributed by atoms with Gasteiger partial charge in [0.05, 0.1) is 19.3 Å². The monoisotopic (exact) mass is 265 g/mol. The number of aromatic nitrogens is 4. The van der Waals surface area contributed by atoms with Crippen LogP contribution in [-0.4, -0.2) is 33.4 Å². The Bertz CT molecular complexity index is 555. The SMILES string of the molecule is COc1ccc(-n2nnnc2CNC(C)C)cc1F. The zero-order valence-corrected chi connectivity index (χ0v) is 11.1. The quantitative estimate of drug-likeness (QED) is 0.883. The van der Waals surface area contributed by atoms with E-state index in [-0.39, 0.29) is 5.75 Å². The number of nitrogens with one attached hydrogen (secondary N) is 1. The molecule has 0 unspecified atom stereocenters. The van der Waals surface area contributed by atoms with E-state index in [1.807, 2.05) is 13.8 Å². The van der Waals surface area contributed by atoms with E-state index >= 15 is 0 Å². The first-order valence-corrected chi connectivity index (χ1v) is 5.96. The van der Waals surface area contributed by atoms with Gasteiger partial charge in [0.1, 0.15) is 0 Å². The van der Waals surface area contributed by atoms with Crippen LogP contribution in [-0.2, 0) is 6.54 Å². The molecule has 0 saturated heterocycles. The van der Waals surface area contributed by atoms with Crippen molar-refractivity contribution in [2.75, 3.05) is 7.11 Å². The molecule has 0 aliphatic heterocycles. The fraction of sp³-hybridized carbons (Fsp3) is 0.417. The molecule has 1 aromatic carbocycles. The number of benzene rings is 1. The number of methoxy groups -OCH3 is 1. The summed E-state index contributed by atoms with van der Waals surface area (Å²) >= 11 is 0. The summed E-state index contributed by atoms with van der Waals surface area (Å²) < 4.78 is 20.0. The molecule has 0 fully saturated rings. The first kappa shape index (κ1) is 13.4. The van der Waals surface area contributed by atoms with Crippen molar-refractivity contribution in [2.45, 2.75) is 26.4 Å². The Balaban J connectivity index is 2.27. The van der Waals surface area contributed by atoms with Crippen molar-refractivity contribution >= 4 is 0 Å². The van der Waals surface area contributed by atoms with Crippen LogP contribution in [0.3, 0.4) is 0 Å². The Morgan fingerprint density at radius 3 is 2.84 bits per heavy atom. The van der Waals surface area contributed by atoms with Gasteiger partial charge in [0, 0.05) is 12.1 Å². The highest BCUT2D eigenvalue weighted by molar-refractivity contribution is 5.38. The molecular formula is C12H16FN5O. The van der Waals surface area contributed by atoms with E-state index < -0.39 is 5.82 Å². The molecule has 1 heterocycles. The van der Waals surface area contributed by atoms with E-state index in [2.05, 4.69) is 20.8 Å². The summed E-state index contributed by atoms with van der Waals surface area (Å²) in [5, 5.41) is 14.6. The van der Waals surface area contributed by atoms with Crippen LogP contribution in [0.4, 0.5) is 4.39 Å². The van der Waals surface area contributed by atoms with Gasteiger partial charge in [-0.1, -0.05) is 13.8 Å². The molecule has 1 aromatic heterocycles. The third-order valence-electron chi connectivity index (χ3n) is 2.58. The zero-order chi connectivity index (χ0) is 13.8. The van der Waals surface area contributed by atoms with Crippen molar-refractivity contribution < 1.29 is 9.13 Å². The average molecular weight is 265 g/mol. The second-order valence-electron chi connectivity index (χ2n) is 4.36. The minimum Gasteiger partial charge on any atom is -0.494 e. The molecule has 6 nitrogen and oxygen atoms in total. The molecule has 2 aromatic rings. The summed E-state index contributed by atoms with van der Waals surface area (Å²) in [5.41, 5.74) is 0.559. The Hall–Kier alpha value is -2.02. The number of tetrazole rings is 1. The van der Waals surface area contributed by atoms with Gasteiger partial charge in [-0.25, -0.2) is 4.39 Å². The van der Waals surface area contributed by atoms with Crippen molar-refractivity contribution in [3.8, 4) is 11.4 Å². The van der Waals surface area contributed by atoms with Crippen LogP contribution in [0.1, 0.15) is 19.7 Å². The summed E-state index contributed by atoms with van der Waals surface area (Å²) in [7, 11) is 1.42. The topological polar surface area (TPSA) is 64.9 Å². The average Bonchev–Trinajstić information content (AvgIpc) is 2.84. The molecule has 0 amide bonds. The first-order valence-electron chi connectivity index (χ1n) is 5.96. The lowest BCUT2D eigenvalue weighted by molar-refractivity contribution is 0.386. The van der Waals surface area contributed by atoms with Crippen LogP contribution in [0, 0.1) is 5.82 Å². The van der Waals surface area contributed by atoms with Gasteiger partial charge in [-0.2, -0.15) is 4.68 Å². The van der Waals surface area contributed by atoms with Crippen LogP contribution in [0.2, 0.25) is 0 Å². The van der Waals surface area contributed by atoms with E-state index in [0.29, 0.717) is 24.1 Å². The smallest absolute Gasteiger partial charge is 0.170 e. The maximum atomic E-state index is 13.7. The number of nitrogens with zero attached hydrogens (tertiary/aromatic N) is 4. The Kier molecular flexibility index (Phi) is 4.06. The highest BCUT2D eigenvalue weighted by atomic mass is 19.1. The van der Waals surface area contributed by atoms with Crippen LogP contribution >= 0.6 is 0 Å². The van der Waals surface area contributed by atoms with E-state index in [1.165, 1.54) is 17.9 Å². The van der Waals surface area contributed by atoms with E-state index in [0.717, 1.165) is 0 Å². The first-order chi connectivity index (χ1) is 9.11. The summed E-state index contributed by atoms with van der Waals surface area (Å²) in [5.74, 6) is 0.371. The predicted octanol–water partition coefficient (Wildman–Crippen LogP) is 1.31. The van der Waals surface area contributed by atoms with E-state index in [1.54, 1.807) is 12.1 Å². The summed E-state index contributed by atoms with van der Waals surface area (Å²) in [6, 6.07) is 4.91. The lowest BCUT2D eigenvalue weighted by Crippen LogP contribution is -2.24. The number of rotatable bonds is 5. The van der Waals surface area contributed by atoms with Gasteiger partial charge in [0.25, 0.3) is 0 Å². The van der Waals surface area contributed by atoms with Crippen LogP contribution < -0.4 is 10.1 Å². The lowest BCUT2D eigenvalue weighted by Gasteiger charge is -2.09. The number of ether oxygens (including phenoxy) is 1. The van der Waals surface area contributed by atoms with Gasteiger partial charge in [0.15, 0.2) is 17.4 Å². The Morgan fingerprint density at radius 2 is 2.21 bits per heavy atom. The largest absolute Gasteiger partial charge is 0.494 e. The fourth-order valence-corrected chi connectivity index (χ4v) is 1.60. The third kappa shape index (κ3) is 3.05. The van der Waals surface area contributed by atoms with Gasteiger partial charge in [0.2, 0.25) is 0 Å². The number of hydrogen-bond donors (Lipinski definition) is 1. The van der Waals surface area contributed by atoms with Crippen molar-refractivity contribution in [3.05, 3.63) is 29.8 Å². The number of halogens is 1. The zero-order valence-electron chi connectivity index (χ0n) is 11.1. The predicted molar refractivity (Wildman–Crippen MR) is 67.6 cm³/mol. The minimum atomic E-state index is -0.446. The van der Waals surface area contributed by atoms with Crippen LogP contribution in [0.15, 0.2) is 18.2 Å². The molecule has 19 heavy (non-hydrogen) atoms. The summed E-state index contributed by atoms with van der Waals surface area (Å²) in [6.45, 7) is 4.57. The molecular weight excluding hydrogens is 249 g/mol. The van der Waals surface area contributed by atoms with Crippen molar-refractivity contribution in [1.82, 2.24) is 25.5 Å². The Labute approximate surface area is 110 Å². The minimum absolute atomic E-state index is 0.193. The molecule has 0 saturated carbocycles. The molecule has 1 N–H and O–H groups in total. The summed E-state index contributed by atoms with van der Waals surface area (Å²) in [6.07, 6.45) is 0. The van der Waals surface area contributed by atoms with Gasteiger partial charge in [-0.3, -0.25) is 0 Å². The highest BCUT2D eigenvalue weighted by Gasteiger charge is 2.11. The second-order valence-corrected chi connectivity index (χ2v) is 4.36. The maximum Gasteiger partial charge on any atom is 0.170 e. The normalized spacial score (nSPS) is 11.0. The van der Waals surface area contributed by atoms with E-state index in [9.17, 15) is 4.39 Å². The maximum absolute atomic E-state index is 13.7. The van der Waals surface area contributed by atoms with Gasteiger partial charge < -0.3 is 10.1 Å². The van der Waals surface area contributed by atoms with Crippen molar-refractivity contribution in [1.29, 1.82) is 0 Å². The standard InChI is InChI=1S/C12H16FN5O/c1-8(2)14-7-12-15-16-17-18(12)9-4-5-11(19-3)10(13)6-9/h4-6,8,14H,7H2,1-3H3. The third-order valence-corrected chi connectivity index (χ3v) is 2.58. The molecule has 102 valence electrons. The molecule has 0 atom stereocenters. The highest BCUT2D eigenvalue weighted by Crippen LogP contribution is 2.20. The summed E-state index contributed by atoms with van der Waals surface area (Å²) in [4.78, 5) is 0. The lowest BCUT2D eigenvalue weighted by atomic mass is 10.3. The van der Waals surface area contributed by atoms with Crippen LogP contribution in [0.5, 0.6) is 5.75 Å². The molecule has 0 radical (unpaired) electrons. The Morgan fingerprint density at radius 1 is 1.42 bits per heavy atom. The van der Waals surface area contributed by atoms with Gasteiger partial charge in [-0.15, -0.1) is 5.10 Å². The molecule has 0 bridgehead atoms. The fourth-order valence-electron chi connectivity index (χ4n) is 1.60. The van der Waals surface area contributed by atoms with Gasteiger partial charge >= 0.3 is 0 Å². The molecule has 7 heteroatoms. The molecule has 0 spiro atoms. The second kappa shape index (κ2) is 5.75. The van der Waals surface area contributed by atoms with E-state index in [4.69, 9.17) is 4.74 Å². The number of hydrogen-bond acceptors (Lipinski definition) is 5. The van der Waals surface area contributed by atoms with Crippen LogP contribution in [0.25, 0.3) is 5.69 Å². The molecule has 0 aliphatic carbocycles. The van der Waals surface area contributed by atoms with Crippen molar-refractivity contribution in [2.24, 2.45) is 0 Å².